The standard InChI is InChI=1S/C20H34N2O2.C15H24N2O/c1-19(2,3)18(23)22-12-10-15(14-24-20(4,5)6)16(13-22)17-9-8-11-21(17)7;1-15(2,3)18-11-12-7-8-16-10-13(12)14-6-5-9-17(14)4/h10,12-13,15,17H,8-9,11,14H2,1-7H3;7-8,10,14H,5-6,9,11H2,1-4H3/t15?,17-;14-/m00/s1. The van der Waals surface area contributed by atoms with Crippen LogP contribution < -0.4 is 0 Å². The summed E-state index contributed by atoms with van der Waals surface area (Å²) in [6.45, 7) is 22.1. The van der Waals surface area contributed by atoms with Crippen molar-refractivity contribution in [1.29, 1.82) is 0 Å². The molecule has 4 heterocycles. The largest absolute Gasteiger partial charge is 0.375 e. The molecule has 1 unspecified atom stereocenters. The molecule has 0 N–H and O–H groups in total. The van der Waals surface area contributed by atoms with Gasteiger partial charge in [-0.25, -0.2) is 0 Å². The van der Waals surface area contributed by atoms with Crippen molar-refractivity contribution < 1.29 is 14.3 Å². The zero-order chi connectivity index (χ0) is 31.3. The molecule has 2 fully saturated rings. The van der Waals surface area contributed by atoms with Crippen LogP contribution >= 0.6 is 0 Å². The molecule has 0 spiro atoms. The van der Waals surface area contributed by atoms with Gasteiger partial charge in [0.15, 0.2) is 0 Å². The molecule has 1 aromatic rings. The topological polar surface area (TPSA) is 58.1 Å². The number of ether oxygens (including phenoxy) is 2. The molecule has 236 valence electrons. The van der Waals surface area contributed by atoms with Crippen LogP contribution in [-0.4, -0.2) is 76.6 Å². The van der Waals surface area contributed by atoms with Crippen LogP contribution in [-0.2, 0) is 20.9 Å². The number of carbonyl (C=O) groups is 1. The van der Waals surface area contributed by atoms with Gasteiger partial charge in [0.2, 0.25) is 5.91 Å². The van der Waals surface area contributed by atoms with Crippen LogP contribution in [0.15, 0.2) is 42.5 Å². The van der Waals surface area contributed by atoms with E-state index in [4.69, 9.17) is 9.47 Å². The number of rotatable bonds is 6. The van der Waals surface area contributed by atoms with Gasteiger partial charge in [-0.05, 0) is 117 Å². The smallest absolute Gasteiger partial charge is 0.235 e. The fourth-order valence-corrected chi connectivity index (χ4v) is 5.74. The summed E-state index contributed by atoms with van der Waals surface area (Å²) in [6, 6.07) is 3.00. The minimum absolute atomic E-state index is 0.0951. The molecule has 3 atom stereocenters. The van der Waals surface area contributed by atoms with E-state index < -0.39 is 0 Å². The van der Waals surface area contributed by atoms with E-state index >= 15 is 0 Å². The van der Waals surface area contributed by atoms with Crippen molar-refractivity contribution in [2.45, 2.75) is 118 Å². The second-order valence-electron chi connectivity index (χ2n) is 15.2. The van der Waals surface area contributed by atoms with Gasteiger partial charge in [0.1, 0.15) is 0 Å². The molecule has 0 bridgehead atoms. The van der Waals surface area contributed by atoms with Gasteiger partial charge in [-0.2, -0.15) is 0 Å². The minimum Gasteiger partial charge on any atom is -0.375 e. The first-order valence-electron chi connectivity index (χ1n) is 15.8. The lowest BCUT2D eigenvalue weighted by Crippen LogP contribution is -2.39. The third-order valence-electron chi connectivity index (χ3n) is 8.16. The lowest BCUT2D eigenvalue weighted by molar-refractivity contribution is -0.134. The number of hydrogen-bond donors (Lipinski definition) is 0. The Kier molecular flexibility index (Phi) is 11.6. The fourth-order valence-electron chi connectivity index (χ4n) is 5.74. The third-order valence-corrected chi connectivity index (χ3v) is 8.16. The third kappa shape index (κ3) is 10.0. The van der Waals surface area contributed by atoms with Crippen molar-refractivity contribution in [2.24, 2.45) is 11.3 Å². The maximum absolute atomic E-state index is 12.7. The Morgan fingerprint density at radius 3 is 2.02 bits per heavy atom. The van der Waals surface area contributed by atoms with Crippen molar-refractivity contribution in [3.05, 3.63) is 53.6 Å². The van der Waals surface area contributed by atoms with Crippen LogP contribution in [0.5, 0.6) is 0 Å². The van der Waals surface area contributed by atoms with E-state index in [1.807, 2.05) is 39.4 Å². The van der Waals surface area contributed by atoms with Crippen LogP contribution in [0, 0.1) is 11.3 Å². The van der Waals surface area contributed by atoms with Crippen LogP contribution in [0.2, 0.25) is 0 Å². The van der Waals surface area contributed by atoms with Crippen LogP contribution in [0.1, 0.15) is 105 Å². The molecule has 0 radical (unpaired) electrons. The van der Waals surface area contributed by atoms with Crippen molar-refractivity contribution in [3.8, 4) is 0 Å². The van der Waals surface area contributed by atoms with Crippen LogP contribution in [0.3, 0.4) is 0 Å². The highest BCUT2D eigenvalue weighted by Gasteiger charge is 2.34. The molecule has 1 aromatic heterocycles. The summed E-state index contributed by atoms with van der Waals surface area (Å²) in [7, 11) is 4.37. The lowest BCUT2D eigenvalue weighted by atomic mass is 9.89. The Labute approximate surface area is 256 Å². The van der Waals surface area contributed by atoms with Crippen LogP contribution in [0.4, 0.5) is 0 Å². The first-order valence-corrected chi connectivity index (χ1v) is 15.8. The summed E-state index contributed by atoms with van der Waals surface area (Å²) in [5.41, 5.74) is 3.28. The first-order chi connectivity index (χ1) is 19.5. The number of nitrogens with zero attached hydrogens (tertiary/aromatic N) is 4. The summed E-state index contributed by atoms with van der Waals surface area (Å²) in [6.07, 6.45) is 14.9. The molecular formula is C35H58N4O3. The maximum atomic E-state index is 12.7. The first kappa shape index (κ1) is 34.4. The van der Waals surface area contributed by atoms with Gasteiger partial charge >= 0.3 is 0 Å². The number of carbonyl (C=O) groups excluding carboxylic acids is 1. The van der Waals surface area contributed by atoms with E-state index in [1.165, 1.54) is 42.5 Å². The van der Waals surface area contributed by atoms with Crippen LogP contribution in [0.25, 0.3) is 0 Å². The zero-order valence-electron chi connectivity index (χ0n) is 28.4. The number of amides is 1. The Hall–Kier alpha value is -2.06. The second-order valence-corrected chi connectivity index (χ2v) is 15.2. The van der Waals surface area contributed by atoms with Gasteiger partial charge in [-0.3, -0.25) is 24.5 Å². The van der Waals surface area contributed by atoms with Crippen molar-refractivity contribution in [2.75, 3.05) is 33.8 Å². The van der Waals surface area contributed by atoms with Crippen molar-refractivity contribution in [3.63, 3.8) is 0 Å². The Morgan fingerprint density at radius 2 is 1.50 bits per heavy atom. The van der Waals surface area contributed by atoms with Crippen molar-refractivity contribution in [1.82, 2.24) is 19.7 Å². The highest BCUT2D eigenvalue weighted by molar-refractivity contribution is 5.83. The quantitative estimate of drug-likeness (QED) is 0.361. The highest BCUT2D eigenvalue weighted by Crippen LogP contribution is 2.34. The summed E-state index contributed by atoms with van der Waals surface area (Å²) in [5, 5.41) is 0. The van der Waals surface area contributed by atoms with Gasteiger partial charge in [-0.1, -0.05) is 26.8 Å². The molecule has 2 saturated heterocycles. The molecule has 7 heteroatoms. The predicted octanol–water partition coefficient (Wildman–Crippen LogP) is 6.96. The summed E-state index contributed by atoms with van der Waals surface area (Å²) >= 11 is 0. The number of likely N-dealkylation sites (N-methyl/N-ethyl adjacent to an activating group) is 1. The number of pyridine rings is 1. The highest BCUT2D eigenvalue weighted by atomic mass is 16.5. The normalized spacial score (nSPS) is 24.0. The second kappa shape index (κ2) is 14.1. The maximum Gasteiger partial charge on any atom is 0.235 e. The molecule has 42 heavy (non-hydrogen) atoms. The monoisotopic (exact) mass is 582 g/mol. The zero-order valence-corrected chi connectivity index (χ0v) is 28.4. The molecule has 1 amide bonds. The molecule has 0 aliphatic carbocycles. The molecule has 3 aliphatic rings. The molecule has 7 nitrogen and oxygen atoms in total. The van der Waals surface area contributed by atoms with E-state index in [9.17, 15) is 4.79 Å². The van der Waals surface area contributed by atoms with E-state index in [-0.39, 0.29) is 28.4 Å². The van der Waals surface area contributed by atoms with Crippen molar-refractivity contribution >= 4 is 5.91 Å². The summed E-state index contributed by atoms with van der Waals surface area (Å²) < 4.78 is 11.9. The number of aromatic nitrogens is 1. The van der Waals surface area contributed by atoms with Gasteiger partial charge in [0.25, 0.3) is 0 Å². The molecule has 0 aromatic carbocycles. The van der Waals surface area contributed by atoms with E-state index in [1.54, 1.807) is 4.90 Å². The van der Waals surface area contributed by atoms with Gasteiger partial charge in [-0.15, -0.1) is 0 Å². The number of hydrogen-bond acceptors (Lipinski definition) is 6. The Balaban J connectivity index is 0.000000240. The van der Waals surface area contributed by atoms with Gasteiger partial charge in [0.05, 0.1) is 24.4 Å². The van der Waals surface area contributed by atoms with Gasteiger partial charge in [0, 0.05) is 48.2 Å². The average molecular weight is 583 g/mol. The van der Waals surface area contributed by atoms with E-state index in [0.717, 1.165) is 13.0 Å². The Morgan fingerprint density at radius 1 is 0.905 bits per heavy atom. The average Bonchev–Trinajstić information content (AvgIpc) is 3.52. The molecule has 3 aliphatic heterocycles. The predicted molar refractivity (Wildman–Crippen MR) is 172 cm³/mol. The lowest BCUT2D eigenvalue weighted by Gasteiger charge is -2.35. The van der Waals surface area contributed by atoms with E-state index in [2.05, 4.69) is 88.8 Å². The van der Waals surface area contributed by atoms with Gasteiger partial charge < -0.3 is 9.47 Å². The van der Waals surface area contributed by atoms with E-state index in [0.29, 0.717) is 25.3 Å². The Bertz CT molecular complexity index is 1090. The minimum atomic E-state index is -0.387. The SMILES string of the molecule is CN1CCC[C@H]1C1=CN(C(=O)C(C)(C)C)C=CC1COC(C)(C)C.CN1CCC[C@H]1c1cnccc1COC(C)(C)C. The molecule has 4 rings (SSSR count). The summed E-state index contributed by atoms with van der Waals surface area (Å²) in [4.78, 5) is 23.5. The molecule has 0 saturated carbocycles. The molecular weight excluding hydrogens is 524 g/mol. The fraction of sp³-hybridized carbons (Fsp3) is 0.714. The summed E-state index contributed by atoms with van der Waals surface area (Å²) in [5.74, 6) is 0.367. The number of likely N-dealkylation sites (tertiary alicyclic amines) is 2.